The van der Waals surface area contributed by atoms with Crippen molar-refractivity contribution in [1.82, 2.24) is 15.5 Å². The van der Waals surface area contributed by atoms with E-state index in [1.54, 1.807) is 0 Å². The van der Waals surface area contributed by atoms with Crippen molar-refractivity contribution in [3.05, 3.63) is 0 Å². The van der Waals surface area contributed by atoms with Crippen molar-refractivity contribution in [3.63, 3.8) is 0 Å². The van der Waals surface area contributed by atoms with Gasteiger partial charge in [0.05, 0.1) is 6.04 Å². The van der Waals surface area contributed by atoms with E-state index in [-0.39, 0.29) is 11.9 Å². The zero-order valence-electron chi connectivity index (χ0n) is 13.0. The molecule has 0 saturated heterocycles. The van der Waals surface area contributed by atoms with Crippen LogP contribution in [0.1, 0.15) is 52.9 Å². The molecule has 19 heavy (non-hydrogen) atoms. The molecule has 1 atom stereocenters. The molecule has 0 aromatic carbocycles. The molecule has 0 aliphatic heterocycles. The van der Waals surface area contributed by atoms with E-state index in [2.05, 4.69) is 36.4 Å². The van der Waals surface area contributed by atoms with Gasteiger partial charge < -0.3 is 10.6 Å². The summed E-state index contributed by atoms with van der Waals surface area (Å²) >= 11 is 0. The van der Waals surface area contributed by atoms with Crippen molar-refractivity contribution in [2.24, 2.45) is 0 Å². The minimum absolute atomic E-state index is 0.0211. The van der Waals surface area contributed by atoms with Crippen molar-refractivity contribution in [1.29, 1.82) is 0 Å². The SMILES string of the molecule is CCCNC(=O)C(C)N(C)C1CCC(NCC)CC1. The summed E-state index contributed by atoms with van der Waals surface area (Å²) in [4.78, 5) is 14.2. The Morgan fingerprint density at radius 2 is 1.89 bits per heavy atom. The molecule has 4 nitrogen and oxygen atoms in total. The highest BCUT2D eigenvalue weighted by Gasteiger charge is 2.28. The normalized spacial score (nSPS) is 25.3. The van der Waals surface area contributed by atoms with Crippen molar-refractivity contribution < 1.29 is 4.79 Å². The molecule has 0 bridgehead atoms. The van der Waals surface area contributed by atoms with E-state index < -0.39 is 0 Å². The third kappa shape index (κ3) is 5.11. The summed E-state index contributed by atoms with van der Waals surface area (Å²) in [5.74, 6) is 0.165. The van der Waals surface area contributed by atoms with E-state index in [1.807, 2.05) is 6.92 Å². The smallest absolute Gasteiger partial charge is 0.237 e. The Hall–Kier alpha value is -0.610. The third-order valence-electron chi connectivity index (χ3n) is 4.31. The summed E-state index contributed by atoms with van der Waals surface area (Å²) in [5.41, 5.74) is 0. The third-order valence-corrected chi connectivity index (χ3v) is 4.31. The average Bonchev–Trinajstić information content (AvgIpc) is 2.44. The largest absolute Gasteiger partial charge is 0.355 e. The minimum atomic E-state index is -0.0211. The van der Waals surface area contributed by atoms with Crippen LogP contribution in [0.25, 0.3) is 0 Å². The molecule has 1 aliphatic carbocycles. The van der Waals surface area contributed by atoms with Gasteiger partial charge in [0.2, 0.25) is 5.91 Å². The number of hydrogen-bond donors (Lipinski definition) is 2. The molecule has 4 heteroatoms. The van der Waals surface area contributed by atoms with Gasteiger partial charge in [-0.3, -0.25) is 9.69 Å². The Morgan fingerprint density at radius 3 is 2.42 bits per heavy atom. The fourth-order valence-electron chi connectivity index (χ4n) is 2.87. The lowest BCUT2D eigenvalue weighted by molar-refractivity contribution is -0.126. The molecule has 1 rings (SSSR count). The van der Waals surface area contributed by atoms with Gasteiger partial charge in [0.1, 0.15) is 0 Å². The molecule has 1 fully saturated rings. The highest BCUT2D eigenvalue weighted by Crippen LogP contribution is 2.23. The van der Waals surface area contributed by atoms with E-state index in [9.17, 15) is 4.79 Å². The van der Waals surface area contributed by atoms with Gasteiger partial charge in [0.15, 0.2) is 0 Å². The highest BCUT2D eigenvalue weighted by molar-refractivity contribution is 5.81. The maximum absolute atomic E-state index is 12.0. The second kappa shape index (κ2) is 8.54. The lowest BCUT2D eigenvalue weighted by Gasteiger charge is -2.37. The summed E-state index contributed by atoms with van der Waals surface area (Å²) in [6, 6.07) is 1.21. The Bertz CT molecular complexity index is 262. The molecule has 0 spiro atoms. The van der Waals surface area contributed by atoms with Crippen LogP contribution in [-0.4, -0.2) is 49.1 Å². The first-order valence-corrected chi connectivity index (χ1v) is 7.83. The first-order chi connectivity index (χ1) is 9.10. The standard InChI is InChI=1S/C15H31N3O/c1-5-11-17-15(19)12(3)18(4)14-9-7-13(8-10-14)16-6-2/h12-14,16H,5-11H2,1-4H3,(H,17,19). The van der Waals surface area contributed by atoms with Gasteiger partial charge in [-0.25, -0.2) is 0 Å². The lowest BCUT2D eigenvalue weighted by Crippen LogP contribution is -2.50. The van der Waals surface area contributed by atoms with Gasteiger partial charge in [0, 0.05) is 18.6 Å². The van der Waals surface area contributed by atoms with Crippen molar-refractivity contribution >= 4 is 5.91 Å². The van der Waals surface area contributed by atoms with Crippen LogP contribution < -0.4 is 10.6 Å². The summed E-state index contributed by atoms with van der Waals surface area (Å²) in [7, 11) is 2.09. The molecule has 112 valence electrons. The van der Waals surface area contributed by atoms with E-state index in [0.29, 0.717) is 12.1 Å². The zero-order valence-corrected chi connectivity index (χ0v) is 13.0. The van der Waals surface area contributed by atoms with Gasteiger partial charge in [-0.15, -0.1) is 0 Å². The number of carbonyl (C=O) groups is 1. The number of carbonyl (C=O) groups excluding carboxylic acids is 1. The van der Waals surface area contributed by atoms with Crippen LogP contribution in [0.2, 0.25) is 0 Å². The molecule has 1 aliphatic rings. The summed E-state index contributed by atoms with van der Waals surface area (Å²) in [6.07, 6.45) is 5.84. The zero-order chi connectivity index (χ0) is 14.3. The number of nitrogens with one attached hydrogen (secondary N) is 2. The summed E-state index contributed by atoms with van der Waals surface area (Å²) < 4.78 is 0. The molecular formula is C15H31N3O. The topological polar surface area (TPSA) is 44.4 Å². The molecule has 2 N–H and O–H groups in total. The van der Waals surface area contributed by atoms with Crippen LogP contribution in [0.3, 0.4) is 0 Å². The number of amides is 1. The average molecular weight is 269 g/mol. The van der Waals surface area contributed by atoms with Crippen LogP contribution in [0.5, 0.6) is 0 Å². The molecule has 0 heterocycles. The Balaban J connectivity index is 2.37. The quantitative estimate of drug-likeness (QED) is 0.740. The second-order valence-corrected chi connectivity index (χ2v) is 5.70. The van der Waals surface area contributed by atoms with Crippen LogP contribution in [0.4, 0.5) is 0 Å². The van der Waals surface area contributed by atoms with Crippen LogP contribution >= 0.6 is 0 Å². The van der Waals surface area contributed by atoms with Gasteiger partial charge in [-0.1, -0.05) is 13.8 Å². The maximum atomic E-state index is 12.0. The van der Waals surface area contributed by atoms with E-state index >= 15 is 0 Å². The molecule has 0 aromatic heterocycles. The van der Waals surface area contributed by atoms with Crippen LogP contribution in [0.15, 0.2) is 0 Å². The van der Waals surface area contributed by atoms with E-state index in [4.69, 9.17) is 0 Å². The second-order valence-electron chi connectivity index (χ2n) is 5.70. The minimum Gasteiger partial charge on any atom is -0.355 e. The summed E-state index contributed by atoms with van der Waals surface area (Å²) in [5, 5.41) is 6.51. The fourth-order valence-corrected chi connectivity index (χ4v) is 2.87. The molecule has 1 amide bonds. The first-order valence-electron chi connectivity index (χ1n) is 7.83. The fraction of sp³-hybridized carbons (Fsp3) is 0.933. The monoisotopic (exact) mass is 269 g/mol. The lowest BCUT2D eigenvalue weighted by atomic mass is 9.89. The van der Waals surface area contributed by atoms with Gasteiger partial charge in [-0.05, 0) is 52.6 Å². The first kappa shape index (κ1) is 16.4. The Kier molecular flexibility index (Phi) is 7.39. The van der Waals surface area contributed by atoms with Crippen LogP contribution in [-0.2, 0) is 4.79 Å². The van der Waals surface area contributed by atoms with E-state index in [1.165, 1.54) is 25.7 Å². The maximum Gasteiger partial charge on any atom is 0.237 e. The Labute approximate surface area is 118 Å². The molecule has 0 radical (unpaired) electrons. The summed E-state index contributed by atoms with van der Waals surface area (Å²) in [6.45, 7) is 8.10. The predicted molar refractivity (Wildman–Crippen MR) is 80.2 cm³/mol. The molecule has 1 saturated carbocycles. The van der Waals surface area contributed by atoms with Crippen molar-refractivity contribution in [2.75, 3.05) is 20.1 Å². The number of nitrogens with zero attached hydrogens (tertiary/aromatic N) is 1. The molecule has 1 unspecified atom stereocenters. The number of rotatable bonds is 7. The number of likely N-dealkylation sites (N-methyl/N-ethyl adjacent to an activating group) is 1. The number of hydrogen-bond acceptors (Lipinski definition) is 3. The van der Waals surface area contributed by atoms with Crippen molar-refractivity contribution in [3.8, 4) is 0 Å². The molecule has 0 aromatic rings. The Morgan fingerprint density at radius 1 is 1.26 bits per heavy atom. The van der Waals surface area contributed by atoms with E-state index in [0.717, 1.165) is 19.5 Å². The van der Waals surface area contributed by atoms with Gasteiger partial charge in [-0.2, -0.15) is 0 Å². The van der Waals surface area contributed by atoms with Gasteiger partial charge >= 0.3 is 0 Å². The van der Waals surface area contributed by atoms with Crippen molar-refractivity contribution in [2.45, 2.75) is 71.0 Å². The van der Waals surface area contributed by atoms with Gasteiger partial charge in [0.25, 0.3) is 0 Å². The predicted octanol–water partition coefficient (Wildman–Crippen LogP) is 1.75. The van der Waals surface area contributed by atoms with Crippen LogP contribution in [0, 0.1) is 0 Å². The molecular weight excluding hydrogens is 238 g/mol. The highest BCUT2D eigenvalue weighted by atomic mass is 16.2.